The molecular formula is C66H73Cl2F3N6O9. The molecule has 15 nitrogen and oxygen atoms in total. The third kappa shape index (κ3) is 22.7. The number of aryl methyl sites for hydroxylation is 5. The summed E-state index contributed by atoms with van der Waals surface area (Å²) < 4.78 is 62.5. The van der Waals surface area contributed by atoms with Gasteiger partial charge in [0, 0.05) is 24.0 Å². The van der Waals surface area contributed by atoms with E-state index in [2.05, 4.69) is 41.9 Å². The number of Topliss-reactive ketones (excluding diaryl/α,β-unsaturated/α-hetero) is 2. The van der Waals surface area contributed by atoms with Crippen LogP contribution in [-0.4, -0.2) is 51.9 Å². The van der Waals surface area contributed by atoms with Crippen LogP contribution in [0.15, 0.2) is 151 Å². The smallest absolute Gasteiger partial charge is 0.416 e. The molecule has 0 fully saturated rings. The predicted octanol–water partition coefficient (Wildman–Crippen LogP) is 17.9. The first-order valence-corrected chi connectivity index (χ1v) is 27.9. The summed E-state index contributed by atoms with van der Waals surface area (Å²) in [6.45, 7) is 19.6. The van der Waals surface area contributed by atoms with Crippen molar-refractivity contribution in [1.29, 1.82) is 0 Å². The van der Waals surface area contributed by atoms with Crippen LogP contribution >= 0.6 is 23.2 Å². The Kier molecular flexibility index (Phi) is 25.5. The van der Waals surface area contributed by atoms with Gasteiger partial charge in [-0.05, 0) is 188 Å². The highest BCUT2D eigenvalue weighted by Crippen LogP contribution is 2.38. The van der Waals surface area contributed by atoms with Gasteiger partial charge in [-0.15, -0.1) is 23.2 Å². The number of halogens is 5. The number of carbonyl (C=O) groups excluding carboxylic acids is 5. The molecule has 1 aliphatic heterocycles. The number of hydrogen-bond donors (Lipinski definition) is 5. The number of nitrogens with zero attached hydrogens (tertiary/aromatic N) is 1. The molecule has 3 amide bonds. The van der Waals surface area contributed by atoms with Crippen molar-refractivity contribution in [2.45, 2.75) is 113 Å². The number of para-hydroxylation sites is 2. The number of nitrogens with one attached hydrogen (secondary N) is 3. The molecule has 8 N–H and O–H groups in total. The highest BCUT2D eigenvalue weighted by atomic mass is 35.5. The predicted molar refractivity (Wildman–Crippen MR) is 337 cm³/mol. The Morgan fingerprint density at radius 3 is 1.57 bits per heavy atom. The Morgan fingerprint density at radius 2 is 1.02 bits per heavy atom. The summed E-state index contributed by atoms with van der Waals surface area (Å²) in [7, 11) is 0. The van der Waals surface area contributed by atoms with E-state index in [1.807, 2.05) is 107 Å². The monoisotopic (exact) mass is 1220 g/mol. The lowest BCUT2D eigenvalue weighted by molar-refractivity contribution is -0.138. The standard InChI is InChI=1S/C28H27F3N2O5.C24H21NO2.C13H20N2O2.CH2Cl2.H3N/c1-17-13-22(33-26(36)38-27(2,3)4)23(15-21(17)28(29,30)31)32-25(35)16-24(34)18-9-8-12-20(14-18)37-19-10-6-5-7-11-19;1-16-11-19-13-20(26)15-24(25-23(19)12-17(16)2)18-7-6-10-22(14-18)27-21-8-4-3-5-9-21;1-8-6-10(14)11(7-9(8)2)15-12(16)17-13(3,4)5;2-1-3;/h5-15H,16H2,1-4H3,(H,32,35)(H,33,36);3-12,14H,13,15H2,1-2H3;6-7H,14H2,1-5H3,(H,15,16);1H2;1H3. The Labute approximate surface area is 510 Å². The van der Waals surface area contributed by atoms with E-state index in [1.54, 1.807) is 57.2 Å². The summed E-state index contributed by atoms with van der Waals surface area (Å²) >= 11 is 9.53. The average molecular weight is 1220 g/mol. The van der Waals surface area contributed by atoms with Gasteiger partial charge in [-0.2, -0.15) is 13.2 Å². The number of nitrogens with two attached hydrogens (primary N) is 1. The minimum Gasteiger partial charge on any atom is -0.457 e. The molecule has 0 aliphatic carbocycles. The van der Waals surface area contributed by atoms with E-state index in [4.69, 9.17) is 52.9 Å². The molecule has 86 heavy (non-hydrogen) atoms. The van der Waals surface area contributed by atoms with Crippen LogP contribution in [0.25, 0.3) is 0 Å². The van der Waals surface area contributed by atoms with E-state index < -0.39 is 53.2 Å². The van der Waals surface area contributed by atoms with E-state index in [0.29, 0.717) is 41.8 Å². The topological polar surface area (TPSA) is 232 Å². The van der Waals surface area contributed by atoms with Gasteiger partial charge in [-0.25, -0.2) is 9.59 Å². The van der Waals surface area contributed by atoms with Gasteiger partial charge in [0.2, 0.25) is 5.91 Å². The second-order valence-electron chi connectivity index (χ2n) is 21.6. The second-order valence-corrected chi connectivity index (χ2v) is 22.4. The van der Waals surface area contributed by atoms with Crippen molar-refractivity contribution in [3.8, 4) is 23.0 Å². The van der Waals surface area contributed by atoms with Gasteiger partial charge >= 0.3 is 18.4 Å². The number of amides is 3. The third-order valence-electron chi connectivity index (χ3n) is 12.2. The third-order valence-corrected chi connectivity index (χ3v) is 12.2. The van der Waals surface area contributed by atoms with E-state index in [0.717, 1.165) is 51.2 Å². The number of anilines is 4. The molecule has 7 aromatic rings. The zero-order valence-corrected chi connectivity index (χ0v) is 51.5. The first-order valence-electron chi connectivity index (χ1n) is 26.8. The molecule has 0 atom stereocenters. The number of alkyl halides is 5. The van der Waals surface area contributed by atoms with Crippen LogP contribution < -0.4 is 37.3 Å². The number of carbonyl (C=O) groups is 5. The van der Waals surface area contributed by atoms with Crippen LogP contribution in [0.3, 0.4) is 0 Å². The van der Waals surface area contributed by atoms with Crippen LogP contribution in [0.1, 0.15) is 109 Å². The minimum absolute atomic E-state index is 0. The normalized spacial score (nSPS) is 11.7. The van der Waals surface area contributed by atoms with Crippen molar-refractivity contribution in [2.24, 2.45) is 4.99 Å². The van der Waals surface area contributed by atoms with Gasteiger partial charge in [-0.1, -0.05) is 66.7 Å². The van der Waals surface area contributed by atoms with E-state index in [1.165, 1.54) is 30.2 Å². The summed E-state index contributed by atoms with van der Waals surface area (Å²) in [5, 5.41) is 7.52. The lowest BCUT2D eigenvalue weighted by atomic mass is 9.99. The fraction of sp³-hybridized carbons (Fsp3) is 0.273. The number of benzene rings is 7. The number of fused-ring (bicyclic) bond motifs is 1. The van der Waals surface area contributed by atoms with E-state index in [9.17, 15) is 37.1 Å². The SMILES string of the molecule is Cc1cc(N)c(NC(=O)OC(C)(C)C)cc1C.Cc1cc(NC(=O)OC(C)(C)C)c(NC(=O)CC(=O)c2cccc(Oc3ccccc3)c2)cc1C(F)(F)F.Cc1cc2c(cc1C)N=C(c1cccc(Oc3ccccc3)c1)CC(=O)C2.ClCCl.N. The Bertz CT molecular complexity index is 3530. The maximum atomic E-state index is 13.5. The van der Waals surface area contributed by atoms with Crippen LogP contribution in [0.2, 0.25) is 0 Å². The molecular weight excluding hydrogens is 1150 g/mol. The van der Waals surface area contributed by atoms with Crippen molar-refractivity contribution in [2.75, 3.05) is 27.0 Å². The quantitative estimate of drug-likeness (QED) is 0.0354. The Morgan fingerprint density at radius 1 is 0.558 bits per heavy atom. The maximum Gasteiger partial charge on any atom is 0.416 e. The molecule has 0 spiro atoms. The number of ether oxygens (including phenoxy) is 4. The van der Waals surface area contributed by atoms with E-state index >= 15 is 0 Å². The first-order chi connectivity index (χ1) is 39.9. The summed E-state index contributed by atoms with van der Waals surface area (Å²) in [4.78, 5) is 66.6. The molecule has 7 aromatic carbocycles. The highest BCUT2D eigenvalue weighted by Gasteiger charge is 2.34. The Hall–Kier alpha value is -8.71. The molecule has 1 heterocycles. The number of hydrogen-bond acceptors (Lipinski definition) is 12. The van der Waals surface area contributed by atoms with Gasteiger partial charge in [0.05, 0.1) is 51.5 Å². The van der Waals surface area contributed by atoms with Crippen LogP contribution in [-0.2, 0) is 31.7 Å². The molecule has 0 aromatic heterocycles. The van der Waals surface area contributed by atoms with Crippen molar-refractivity contribution in [3.63, 3.8) is 0 Å². The van der Waals surface area contributed by atoms with Crippen molar-refractivity contribution >= 4 is 87.0 Å². The largest absolute Gasteiger partial charge is 0.457 e. The number of rotatable bonds is 11. The molecule has 0 saturated heterocycles. The zero-order valence-electron chi connectivity index (χ0n) is 50.0. The molecule has 0 radical (unpaired) electrons. The van der Waals surface area contributed by atoms with Crippen LogP contribution in [0.4, 0.5) is 51.2 Å². The molecule has 0 unspecified atom stereocenters. The number of nitrogen functional groups attached to an aromatic ring is 1. The Balaban J connectivity index is 0.000000287. The molecule has 0 saturated carbocycles. The molecule has 0 bridgehead atoms. The molecule has 8 rings (SSSR count). The van der Waals surface area contributed by atoms with Crippen LogP contribution in [0.5, 0.6) is 23.0 Å². The van der Waals surface area contributed by atoms with Gasteiger partial charge in [-0.3, -0.25) is 30.0 Å². The lowest BCUT2D eigenvalue weighted by Gasteiger charge is -2.21. The fourth-order valence-electron chi connectivity index (χ4n) is 8.08. The minimum atomic E-state index is -4.71. The summed E-state index contributed by atoms with van der Waals surface area (Å²) in [5.41, 5.74) is 12.3. The van der Waals surface area contributed by atoms with Gasteiger partial charge in [0.15, 0.2) is 5.78 Å². The first kappa shape index (κ1) is 69.8. The molecule has 1 aliphatic rings. The second kappa shape index (κ2) is 31.4. The van der Waals surface area contributed by atoms with E-state index in [-0.39, 0.29) is 39.8 Å². The summed E-state index contributed by atoms with van der Waals surface area (Å²) in [5.74, 6) is 1.19. The summed E-state index contributed by atoms with van der Waals surface area (Å²) in [6, 6.07) is 42.1. The number of aliphatic imine (C=N–C) groups is 1. The van der Waals surface area contributed by atoms with Gasteiger partial charge < -0.3 is 36.1 Å². The molecule has 456 valence electrons. The summed E-state index contributed by atoms with van der Waals surface area (Å²) in [6.07, 6.45) is -6.00. The molecule has 20 heteroatoms. The van der Waals surface area contributed by atoms with Gasteiger partial charge in [0.25, 0.3) is 0 Å². The van der Waals surface area contributed by atoms with Crippen molar-refractivity contribution in [1.82, 2.24) is 6.15 Å². The lowest BCUT2D eigenvalue weighted by Crippen LogP contribution is -2.28. The van der Waals surface area contributed by atoms with Gasteiger partial charge in [0.1, 0.15) is 40.0 Å². The van der Waals surface area contributed by atoms with Crippen molar-refractivity contribution in [3.05, 3.63) is 196 Å². The van der Waals surface area contributed by atoms with Crippen molar-refractivity contribution < 1.29 is 56.1 Å². The highest BCUT2D eigenvalue weighted by molar-refractivity contribution is 6.40. The zero-order chi connectivity index (χ0) is 62.8. The fourth-order valence-corrected chi connectivity index (χ4v) is 8.08. The average Bonchev–Trinajstić information content (AvgIpc) is 3.80. The maximum absolute atomic E-state index is 13.5. The number of ketones is 2. The van der Waals surface area contributed by atoms with Crippen LogP contribution in [0, 0.1) is 34.6 Å².